The molecule has 0 heterocycles. The second kappa shape index (κ2) is 6.60. The van der Waals surface area contributed by atoms with E-state index in [1.54, 1.807) is 0 Å². The fourth-order valence-electron chi connectivity index (χ4n) is 2.21. The molecule has 0 aromatic rings. The third kappa shape index (κ3) is 4.03. The van der Waals surface area contributed by atoms with Gasteiger partial charge in [0.15, 0.2) is 0 Å². The maximum atomic E-state index is 10.6. The normalized spacial score (nSPS) is 18.9. The van der Waals surface area contributed by atoms with Crippen LogP contribution >= 0.6 is 0 Å². The zero-order valence-corrected chi connectivity index (χ0v) is 10.0. The summed E-state index contributed by atoms with van der Waals surface area (Å²) in [6.45, 7) is 4.27. The summed E-state index contributed by atoms with van der Waals surface area (Å²) >= 11 is 0. The molecular formula is C14H22O. The van der Waals surface area contributed by atoms with Crippen LogP contribution in [0.5, 0.6) is 0 Å². The second-order valence-corrected chi connectivity index (χ2v) is 4.45. The Balaban J connectivity index is 2.77. The Hall–Kier alpha value is -0.850. The zero-order chi connectivity index (χ0) is 11.1. The van der Waals surface area contributed by atoms with E-state index in [1.807, 2.05) is 0 Å². The zero-order valence-electron chi connectivity index (χ0n) is 10.0. The number of hydrogen-bond donors (Lipinski definition) is 0. The van der Waals surface area contributed by atoms with Crippen molar-refractivity contribution in [2.24, 2.45) is 0 Å². The quantitative estimate of drug-likeness (QED) is 0.498. The molecule has 0 aromatic heterocycles. The van der Waals surface area contributed by atoms with Crippen LogP contribution in [0.3, 0.4) is 0 Å². The number of allylic oxidation sites excluding steroid dienone is 4. The average Bonchev–Trinajstić information content (AvgIpc) is 2.45. The molecule has 0 N–H and O–H groups in total. The molecule has 0 unspecified atom stereocenters. The molecule has 0 aromatic carbocycles. The Morgan fingerprint density at radius 2 is 1.87 bits per heavy atom. The molecule has 1 heteroatoms. The molecular weight excluding hydrogens is 184 g/mol. The largest absolute Gasteiger partial charge is 0.303 e. The lowest BCUT2D eigenvalue weighted by atomic mass is 9.95. The van der Waals surface area contributed by atoms with E-state index in [1.165, 1.54) is 42.4 Å². The summed E-state index contributed by atoms with van der Waals surface area (Å²) in [5.74, 6) is 0. The number of carbonyl (C=O) groups is 1. The number of hydrogen-bond acceptors (Lipinski definition) is 1. The predicted molar refractivity (Wildman–Crippen MR) is 64.8 cm³/mol. The Morgan fingerprint density at radius 3 is 2.47 bits per heavy atom. The van der Waals surface area contributed by atoms with Crippen molar-refractivity contribution >= 4 is 6.29 Å². The van der Waals surface area contributed by atoms with E-state index in [9.17, 15) is 4.79 Å². The van der Waals surface area contributed by atoms with Crippen molar-refractivity contribution in [2.75, 3.05) is 0 Å². The summed E-state index contributed by atoms with van der Waals surface area (Å²) in [5, 5.41) is 0. The molecule has 1 nitrogen and oxygen atoms in total. The third-order valence-electron chi connectivity index (χ3n) is 3.27. The summed E-state index contributed by atoms with van der Waals surface area (Å²) in [7, 11) is 0. The van der Waals surface area contributed by atoms with Gasteiger partial charge in [0.2, 0.25) is 0 Å². The first-order valence-electron chi connectivity index (χ1n) is 6.03. The molecule has 0 radical (unpaired) electrons. The predicted octanol–water partition coefficient (Wildman–Crippen LogP) is 4.19. The first kappa shape index (κ1) is 12.2. The fourth-order valence-corrected chi connectivity index (χ4v) is 2.21. The monoisotopic (exact) mass is 206 g/mol. The fraction of sp³-hybridized carbons (Fsp3) is 0.643. The van der Waals surface area contributed by atoms with Gasteiger partial charge < -0.3 is 4.79 Å². The highest BCUT2D eigenvalue weighted by atomic mass is 16.1. The van der Waals surface area contributed by atoms with Gasteiger partial charge in [-0.25, -0.2) is 0 Å². The molecule has 1 rings (SSSR count). The smallest absolute Gasteiger partial charge is 0.124 e. The van der Waals surface area contributed by atoms with Gasteiger partial charge in [-0.3, -0.25) is 0 Å². The van der Waals surface area contributed by atoms with E-state index in [-0.39, 0.29) is 0 Å². The van der Waals surface area contributed by atoms with Gasteiger partial charge in [0.1, 0.15) is 6.29 Å². The van der Waals surface area contributed by atoms with E-state index in [2.05, 4.69) is 19.9 Å². The highest BCUT2D eigenvalue weighted by molar-refractivity contribution is 5.55. The van der Waals surface area contributed by atoms with E-state index < -0.39 is 0 Å². The Labute approximate surface area is 93.3 Å². The van der Waals surface area contributed by atoms with Crippen molar-refractivity contribution in [3.63, 3.8) is 0 Å². The van der Waals surface area contributed by atoms with Crippen LogP contribution in [0, 0.1) is 0 Å². The highest BCUT2D eigenvalue weighted by Crippen LogP contribution is 2.29. The lowest BCUT2D eigenvalue weighted by molar-refractivity contribution is -0.107. The van der Waals surface area contributed by atoms with Crippen LogP contribution < -0.4 is 0 Å². The average molecular weight is 206 g/mol. The summed E-state index contributed by atoms with van der Waals surface area (Å²) in [5.41, 5.74) is 4.38. The molecule has 0 aliphatic heterocycles. The van der Waals surface area contributed by atoms with Crippen LogP contribution in [0.2, 0.25) is 0 Å². The van der Waals surface area contributed by atoms with Crippen LogP contribution in [0.25, 0.3) is 0 Å². The number of rotatable bonds is 4. The number of carbonyl (C=O) groups excluding carboxylic acids is 1. The topological polar surface area (TPSA) is 17.1 Å². The molecule has 15 heavy (non-hydrogen) atoms. The lowest BCUT2D eigenvalue weighted by Gasteiger charge is -2.11. The van der Waals surface area contributed by atoms with Gasteiger partial charge in [0.05, 0.1) is 0 Å². The van der Waals surface area contributed by atoms with Gasteiger partial charge in [-0.2, -0.15) is 0 Å². The molecule has 0 amide bonds. The van der Waals surface area contributed by atoms with Crippen molar-refractivity contribution < 1.29 is 4.79 Å². The highest BCUT2D eigenvalue weighted by Gasteiger charge is 2.11. The summed E-state index contributed by atoms with van der Waals surface area (Å²) in [4.78, 5) is 10.6. The summed E-state index contributed by atoms with van der Waals surface area (Å²) in [6, 6.07) is 0. The van der Waals surface area contributed by atoms with Crippen LogP contribution in [-0.2, 0) is 4.79 Å². The Morgan fingerprint density at radius 1 is 1.20 bits per heavy atom. The maximum absolute atomic E-state index is 10.6. The SMILES string of the molecule is CC=C(C)CC1=C(CC=O)CCCCC1. The van der Waals surface area contributed by atoms with Gasteiger partial charge in [0.25, 0.3) is 0 Å². The third-order valence-corrected chi connectivity index (χ3v) is 3.27. The van der Waals surface area contributed by atoms with Crippen LogP contribution in [0.4, 0.5) is 0 Å². The minimum atomic E-state index is 0.659. The Kier molecular flexibility index (Phi) is 5.38. The van der Waals surface area contributed by atoms with Crippen molar-refractivity contribution in [3.05, 3.63) is 22.8 Å². The molecule has 1 aliphatic rings. The molecule has 0 fully saturated rings. The van der Waals surface area contributed by atoms with E-state index in [0.29, 0.717) is 6.42 Å². The van der Waals surface area contributed by atoms with E-state index in [4.69, 9.17) is 0 Å². The summed E-state index contributed by atoms with van der Waals surface area (Å²) < 4.78 is 0. The standard InChI is InChI=1S/C14H22O/c1-3-12(2)11-14-8-6-4-5-7-13(14)9-10-15/h3,10H,4-9,11H2,1-2H3. The van der Waals surface area contributed by atoms with Gasteiger partial charge in [-0.05, 0) is 46.0 Å². The summed E-state index contributed by atoms with van der Waals surface area (Å²) in [6.07, 6.45) is 11.2. The maximum Gasteiger partial charge on any atom is 0.124 e. The lowest BCUT2D eigenvalue weighted by Crippen LogP contribution is -1.93. The van der Waals surface area contributed by atoms with Crippen LogP contribution in [-0.4, -0.2) is 6.29 Å². The molecule has 1 aliphatic carbocycles. The molecule has 0 bridgehead atoms. The van der Waals surface area contributed by atoms with Crippen molar-refractivity contribution in [3.8, 4) is 0 Å². The number of aldehydes is 1. The molecule has 0 saturated carbocycles. The van der Waals surface area contributed by atoms with Gasteiger partial charge in [-0.15, -0.1) is 0 Å². The van der Waals surface area contributed by atoms with Crippen molar-refractivity contribution in [2.45, 2.75) is 58.8 Å². The minimum Gasteiger partial charge on any atom is -0.303 e. The van der Waals surface area contributed by atoms with Crippen LogP contribution in [0.1, 0.15) is 58.8 Å². The first-order valence-corrected chi connectivity index (χ1v) is 6.03. The van der Waals surface area contributed by atoms with Crippen molar-refractivity contribution in [1.82, 2.24) is 0 Å². The van der Waals surface area contributed by atoms with E-state index in [0.717, 1.165) is 19.1 Å². The van der Waals surface area contributed by atoms with Crippen molar-refractivity contribution in [1.29, 1.82) is 0 Å². The Bertz CT molecular complexity index is 271. The van der Waals surface area contributed by atoms with E-state index >= 15 is 0 Å². The van der Waals surface area contributed by atoms with Gasteiger partial charge >= 0.3 is 0 Å². The minimum absolute atomic E-state index is 0.659. The first-order chi connectivity index (χ1) is 7.27. The van der Waals surface area contributed by atoms with Gasteiger partial charge in [-0.1, -0.05) is 29.2 Å². The molecule has 0 atom stereocenters. The molecule has 84 valence electrons. The molecule has 0 saturated heterocycles. The molecule has 0 spiro atoms. The van der Waals surface area contributed by atoms with Crippen LogP contribution in [0.15, 0.2) is 22.8 Å². The van der Waals surface area contributed by atoms with Gasteiger partial charge in [0, 0.05) is 6.42 Å². The second-order valence-electron chi connectivity index (χ2n) is 4.45.